The van der Waals surface area contributed by atoms with Gasteiger partial charge in [0.1, 0.15) is 0 Å². The molecule has 2 N–H and O–H groups in total. The summed E-state index contributed by atoms with van der Waals surface area (Å²) in [6.07, 6.45) is 4.19. The molecule has 19 heavy (non-hydrogen) atoms. The van der Waals surface area contributed by atoms with Gasteiger partial charge in [0, 0.05) is 18.2 Å². The number of nitro groups is 1. The van der Waals surface area contributed by atoms with Crippen LogP contribution in [0.15, 0.2) is 30.3 Å². The SMILES string of the molecule is O=C(O)C1CCNC1/C=C/c1ccc([N+](=O)[O-])cc1. The second kappa shape index (κ2) is 5.62. The molecular weight excluding hydrogens is 248 g/mol. The third-order valence-electron chi connectivity index (χ3n) is 3.19. The molecule has 1 aliphatic rings. The van der Waals surface area contributed by atoms with Gasteiger partial charge in [-0.1, -0.05) is 12.2 Å². The molecule has 2 atom stereocenters. The van der Waals surface area contributed by atoms with E-state index in [1.54, 1.807) is 24.3 Å². The van der Waals surface area contributed by atoms with Gasteiger partial charge in [-0.25, -0.2) is 0 Å². The van der Waals surface area contributed by atoms with Gasteiger partial charge in [-0.3, -0.25) is 14.9 Å². The van der Waals surface area contributed by atoms with E-state index in [0.717, 1.165) is 5.56 Å². The normalized spacial score (nSPS) is 22.7. The van der Waals surface area contributed by atoms with Crippen molar-refractivity contribution in [2.75, 3.05) is 6.54 Å². The lowest BCUT2D eigenvalue weighted by atomic mass is 10.00. The first kappa shape index (κ1) is 13.2. The molecule has 0 bridgehead atoms. The Morgan fingerprint density at radius 2 is 2.11 bits per heavy atom. The number of nitrogens with zero attached hydrogens (tertiary/aromatic N) is 1. The van der Waals surface area contributed by atoms with Crippen molar-refractivity contribution in [3.05, 3.63) is 46.0 Å². The third kappa shape index (κ3) is 3.17. The summed E-state index contributed by atoms with van der Waals surface area (Å²) < 4.78 is 0. The Kier molecular flexibility index (Phi) is 3.91. The van der Waals surface area contributed by atoms with Gasteiger partial charge in [0.05, 0.1) is 10.8 Å². The molecule has 1 aromatic rings. The van der Waals surface area contributed by atoms with Crippen LogP contribution in [0.4, 0.5) is 5.69 Å². The molecule has 6 nitrogen and oxygen atoms in total. The summed E-state index contributed by atoms with van der Waals surface area (Å²) in [5.74, 6) is -1.21. The van der Waals surface area contributed by atoms with Crippen LogP contribution in [0.25, 0.3) is 6.08 Å². The number of carbonyl (C=O) groups is 1. The lowest BCUT2D eigenvalue weighted by Gasteiger charge is -2.10. The topological polar surface area (TPSA) is 92.5 Å². The predicted molar refractivity (Wildman–Crippen MR) is 69.7 cm³/mol. The largest absolute Gasteiger partial charge is 0.481 e. The molecule has 0 saturated carbocycles. The number of hydrogen-bond acceptors (Lipinski definition) is 4. The van der Waals surface area contributed by atoms with Crippen LogP contribution in [0.3, 0.4) is 0 Å². The molecule has 0 radical (unpaired) electrons. The van der Waals surface area contributed by atoms with E-state index < -0.39 is 16.8 Å². The first-order valence-corrected chi connectivity index (χ1v) is 5.97. The Labute approximate surface area is 109 Å². The van der Waals surface area contributed by atoms with E-state index in [1.165, 1.54) is 12.1 Å². The van der Waals surface area contributed by atoms with E-state index in [4.69, 9.17) is 5.11 Å². The quantitative estimate of drug-likeness (QED) is 0.636. The number of carboxylic acids is 1. The molecule has 1 saturated heterocycles. The van der Waals surface area contributed by atoms with Crippen LogP contribution in [-0.4, -0.2) is 28.6 Å². The van der Waals surface area contributed by atoms with Crippen LogP contribution in [0.2, 0.25) is 0 Å². The van der Waals surface area contributed by atoms with Gasteiger partial charge in [-0.05, 0) is 30.7 Å². The van der Waals surface area contributed by atoms with E-state index >= 15 is 0 Å². The van der Waals surface area contributed by atoms with Gasteiger partial charge in [0.25, 0.3) is 5.69 Å². The number of carboxylic acid groups (broad SMARTS) is 1. The molecule has 0 spiro atoms. The van der Waals surface area contributed by atoms with Crippen molar-refractivity contribution in [3.8, 4) is 0 Å². The minimum Gasteiger partial charge on any atom is -0.481 e. The average molecular weight is 262 g/mol. The molecule has 100 valence electrons. The highest BCUT2D eigenvalue weighted by Gasteiger charge is 2.30. The van der Waals surface area contributed by atoms with Crippen LogP contribution >= 0.6 is 0 Å². The second-order valence-corrected chi connectivity index (χ2v) is 4.42. The standard InChI is InChI=1S/C13H14N2O4/c16-13(17)11-7-8-14-12(11)6-3-9-1-4-10(5-2-9)15(18)19/h1-6,11-12,14H,7-8H2,(H,16,17)/b6-3+. The Bertz CT molecular complexity index is 510. The fraction of sp³-hybridized carbons (Fsp3) is 0.308. The van der Waals surface area contributed by atoms with Crippen molar-refractivity contribution in [2.24, 2.45) is 5.92 Å². The van der Waals surface area contributed by atoms with Crippen LogP contribution in [0.1, 0.15) is 12.0 Å². The molecule has 1 fully saturated rings. The second-order valence-electron chi connectivity index (χ2n) is 4.42. The highest BCUT2D eigenvalue weighted by Crippen LogP contribution is 2.19. The molecule has 2 rings (SSSR count). The molecule has 1 heterocycles. The highest BCUT2D eigenvalue weighted by atomic mass is 16.6. The first-order chi connectivity index (χ1) is 9.08. The molecule has 1 aromatic carbocycles. The van der Waals surface area contributed by atoms with Gasteiger partial charge in [-0.15, -0.1) is 0 Å². The molecule has 0 aliphatic carbocycles. The first-order valence-electron chi connectivity index (χ1n) is 5.97. The van der Waals surface area contributed by atoms with Crippen molar-refractivity contribution >= 4 is 17.7 Å². The smallest absolute Gasteiger partial charge is 0.308 e. The van der Waals surface area contributed by atoms with Gasteiger partial charge < -0.3 is 10.4 Å². The summed E-state index contributed by atoms with van der Waals surface area (Å²) in [4.78, 5) is 21.1. The van der Waals surface area contributed by atoms with Gasteiger partial charge >= 0.3 is 5.97 Å². The fourth-order valence-electron chi connectivity index (χ4n) is 2.13. The Balaban J connectivity index is 2.06. The number of benzene rings is 1. The van der Waals surface area contributed by atoms with E-state index in [0.29, 0.717) is 13.0 Å². The van der Waals surface area contributed by atoms with Crippen molar-refractivity contribution in [1.29, 1.82) is 0 Å². The lowest BCUT2D eigenvalue weighted by molar-refractivity contribution is -0.384. The number of non-ortho nitro benzene ring substituents is 1. The minimum atomic E-state index is -0.802. The van der Waals surface area contributed by atoms with Crippen molar-refractivity contribution < 1.29 is 14.8 Å². The predicted octanol–water partition coefficient (Wildman–Crippen LogP) is 1.67. The minimum absolute atomic E-state index is 0.0413. The zero-order valence-electron chi connectivity index (χ0n) is 10.2. The summed E-state index contributed by atoms with van der Waals surface area (Å²) in [5.41, 5.74) is 0.850. The summed E-state index contributed by atoms with van der Waals surface area (Å²) >= 11 is 0. The molecular formula is C13H14N2O4. The molecule has 1 aliphatic heterocycles. The van der Waals surface area contributed by atoms with Gasteiger partial charge in [-0.2, -0.15) is 0 Å². The van der Waals surface area contributed by atoms with Crippen LogP contribution in [-0.2, 0) is 4.79 Å². The lowest BCUT2D eigenvalue weighted by Crippen LogP contribution is -2.29. The maximum absolute atomic E-state index is 11.0. The van der Waals surface area contributed by atoms with E-state index in [2.05, 4.69) is 5.32 Å². The van der Waals surface area contributed by atoms with Gasteiger partial charge in [0.2, 0.25) is 0 Å². The van der Waals surface area contributed by atoms with Crippen molar-refractivity contribution in [3.63, 3.8) is 0 Å². The maximum atomic E-state index is 11.0. The summed E-state index contributed by atoms with van der Waals surface area (Å²) in [7, 11) is 0. The van der Waals surface area contributed by atoms with Crippen LogP contribution in [0.5, 0.6) is 0 Å². The van der Waals surface area contributed by atoms with E-state index in [9.17, 15) is 14.9 Å². The van der Waals surface area contributed by atoms with Crippen LogP contribution in [0, 0.1) is 16.0 Å². The Hall–Kier alpha value is -2.21. The number of nitro benzene ring substituents is 1. The number of nitrogens with one attached hydrogen (secondary N) is 1. The molecule has 2 unspecified atom stereocenters. The summed E-state index contributed by atoms with van der Waals surface area (Å²) in [6, 6.07) is 5.94. The third-order valence-corrected chi connectivity index (χ3v) is 3.19. The van der Waals surface area contributed by atoms with Gasteiger partial charge in [0.15, 0.2) is 0 Å². The number of hydrogen-bond donors (Lipinski definition) is 2. The van der Waals surface area contributed by atoms with E-state index in [-0.39, 0.29) is 11.7 Å². The average Bonchev–Trinajstić information content (AvgIpc) is 2.85. The van der Waals surface area contributed by atoms with E-state index in [1.807, 2.05) is 0 Å². The van der Waals surface area contributed by atoms with Crippen molar-refractivity contribution in [2.45, 2.75) is 12.5 Å². The maximum Gasteiger partial charge on any atom is 0.308 e. The zero-order valence-corrected chi connectivity index (χ0v) is 10.2. The Morgan fingerprint density at radius 1 is 1.42 bits per heavy atom. The number of aliphatic carboxylic acids is 1. The van der Waals surface area contributed by atoms with Crippen LogP contribution < -0.4 is 5.32 Å². The molecule has 0 amide bonds. The molecule has 6 heteroatoms. The highest BCUT2D eigenvalue weighted by molar-refractivity contribution is 5.72. The summed E-state index contributed by atoms with van der Waals surface area (Å²) in [6.45, 7) is 0.687. The zero-order chi connectivity index (χ0) is 13.8. The Morgan fingerprint density at radius 3 is 2.68 bits per heavy atom. The monoisotopic (exact) mass is 262 g/mol. The number of rotatable bonds is 4. The fourth-order valence-corrected chi connectivity index (χ4v) is 2.13. The molecule has 0 aromatic heterocycles. The summed E-state index contributed by atoms with van der Waals surface area (Å²) in [5, 5.41) is 22.7. The van der Waals surface area contributed by atoms with Crippen molar-refractivity contribution in [1.82, 2.24) is 5.32 Å².